The molecule has 1 aromatic carbocycles. The molecule has 8 heteroatoms. The molecule has 3 rings (SSSR count). The van der Waals surface area contributed by atoms with E-state index in [1.165, 1.54) is 16.8 Å². The number of carbonyl (C=O) groups excluding carboxylic acids is 1. The molecule has 6 nitrogen and oxygen atoms in total. The van der Waals surface area contributed by atoms with Crippen LogP contribution >= 0.6 is 11.6 Å². The predicted molar refractivity (Wildman–Crippen MR) is 92.6 cm³/mol. The molecular formula is C16H16ClN3O3S. The molecule has 0 radical (unpaired) electrons. The van der Waals surface area contributed by atoms with Crippen LogP contribution in [0.5, 0.6) is 0 Å². The molecule has 0 bridgehead atoms. The zero-order chi connectivity index (χ0) is 17.3. The number of pyridine rings is 1. The third kappa shape index (κ3) is 3.58. The maximum Gasteiger partial charge on any atom is 0.257 e. The molecule has 1 N–H and O–H groups in total. The first-order valence-electron chi connectivity index (χ1n) is 7.32. The smallest absolute Gasteiger partial charge is 0.257 e. The van der Waals surface area contributed by atoms with Crippen molar-refractivity contribution in [2.75, 3.05) is 18.1 Å². The SMILES string of the molecule is CS(=O)(=O)N1CCc2c(cncc2C(=O)Nc2ccc(Cl)cc2)C1. The van der Waals surface area contributed by atoms with Crippen LogP contribution in [0, 0.1) is 0 Å². The molecule has 0 saturated carbocycles. The Hall–Kier alpha value is -1.96. The van der Waals surface area contributed by atoms with Crippen molar-refractivity contribution in [2.24, 2.45) is 0 Å². The second-order valence-electron chi connectivity index (χ2n) is 5.63. The predicted octanol–water partition coefficient (Wildman–Crippen LogP) is 2.30. The van der Waals surface area contributed by atoms with Gasteiger partial charge in [0.05, 0.1) is 11.8 Å². The summed E-state index contributed by atoms with van der Waals surface area (Å²) in [5.74, 6) is -0.269. The molecule has 1 aromatic heterocycles. The molecule has 2 aromatic rings. The van der Waals surface area contributed by atoms with Crippen molar-refractivity contribution in [1.82, 2.24) is 9.29 Å². The molecule has 1 aliphatic heterocycles. The molecule has 126 valence electrons. The number of carbonyl (C=O) groups is 1. The lowest BCUT2D eigenvalue weighted by molar-refractivity contribution is 0.102. The minimum atomic E-state index is -3.26. The van der Waals surface area contributed by atoms with E-state index in [0.29, 0.717) is 29.2 Å². The zero-order valence-corrected chi connectivity index (χ0v) is 14.6. The Bertz CT molecular complexity index is 882. The van der Waals surface area contributed by atoms with Crippen LogP contribution in [0.15, 0.2) is 36.7 Å². The number of benzene rings is 1. The molecule has 0 spiro atoms. The second kappa shape index (κ2) is 6.51. The van der Waals surface area contributed by atoms with Gasteiger partial charge in [-0.15, -0.1) is 0 Å². The Morgan fingerprint density at radius 3 is 2.62 bits per heavy atom. The summed E-state index contributed by atoms with van der Waals surface area (Å²) in [6.45, 7) is 0.598. The van der Waals surface area contributed by atoms with Gasteiger partial charge in [-0.1, -0.05) is 11.6 Å². The summed E-state index contributed by atoms with van der Waals surface area (Å²) in [5.41, 5.74) is 2.71. The summed E-state index contributed by atoms with van der Waals surface area (Å²) in [6.07, 6.45) is 4.79. The average molecular weight is 366 g/mol. The Balaban J connectivity index is 1.85. The highest BCUT2D eigenvalue weighted by molar-refractivity contribution is 7.88. The number of rotatable bonds is 3. The summed E-state index contributed by atoms with van der Waals surface area (Å²) in [6, 6.07) is 6.82. The number of fused-ring (bicyclic) bond motifs is 1. The van der Waals surface area contributed by atoms with E-state index < -0.39 is 10.0 Å². The lowest BCUT2D eigenvalue weighted by Gasteiger charge is -2.27. The van der Waals surface area contributed by atoms with Crippen LogP contribution in [-0.4, -0.2) is 36.4 Å². The van der Waals surface area contributed by atoms with Crippen molar-refractivity contribution in [3.05, 3.63) is 58.4 Å². The minimum Gasteiger partial charge on any atom is -0.322 e. The van der Waals surface area contributed by atoms with Gasteiger partial charge in [0.1, 0.15) is 0 Å². The Morgan fingerprint density at radius 1 is 1.25 bits per heavy atom. The van der Waals surface area contributed by atoms with Gasteiger partial charge in [-0.2, -0.15) is 4.31 Å². The Kier molecular flexibility index (Phi) is 4.58. The molecule has 0 aliphatic carbocycles. The molecular weight excluding hydrogens is 350 g/mol. The van der Waals surface area contributed by atoms with Crippen LogP contribution in [0.4, 0.5) is 5.69 Å². The molecule has 24 heavy (non-hydrogen) atoms. The van der Waals surface area contributed by atoms with Crippen LogP contribution in [0.25, 0.3) is 0 Å². The second-order valence-corrected chi connectivity index (χ2v) is 8.05. The summed E-state index contributed by atoms with van der Waals surface area (Å²) < 4.78 is 24.8. The van der Waals surface area contributed by atoms with E-state index in [0.717, 1.165) is 11.1 Å². The number of aromatic nitrogens is 1. The fourth-order valence-corrected chi connectivity index (χ4v) is 3.60. The van der Waals surface area contributed by atoms with Crippen LogP contribution in [0.1, 0.15) is 21.5 Å². The van der Waals surface area contributed by atoms with E-state index in [9.17, 15) is 13.2 Å². The third-order valence-corrected chi connectivity index (χ3v) is 5.42. The van der Waals surface area contributed by atoms with Gasteiger partial charge in [-0.25, -0.2) is 8.42 Å². The highest BCUT2D eigenvalue weighted by Gasteiger charge is 2.26. The quantitative estimate of drug-likeness (QED) is 0.905. The number of hydrogen-bond donors (Lipinski definition) is 1. The van der Waals surface area contributed by atoms with Crippen LogP contribution in [0.2, 0.25) is 5.02 Å². The van der Waals surface area contributed by atoms with Crippen LogP contribution < -0.4 is 5.32 Å². The lowest BCUT2D eigenvalue weighted by atomic mass is 9.98. The molecule has 1 amide bonds. The van der Waals surface area contributed by atoms with Crippen LogP contribution in [-0.2, 0) is 23.0 Å². The summed E-state index contributed by atoms with van der Waals surface area (Å²) in [5, 5.41) is 3.40. The van der Waals surface area contributed by atoms with E-state index in [4.69, 9.17) is 11.6 Å². The number of anilines is 1. The number of nitrogens with one attached hydrogen (secondary N) is 1. The first-order valence-corrected chi connectivity index (χ1v) is 9.55. The molecule has 0 fully saturated rings. The highest BCUT2D eigenvalue weighted by atomic mass is 35.5. The van der Waals surface area contributed by atoms with Gasteiger partial charge in [-0.3, -0.25) is 9.78 Å². The van der Waals surface area contributed by atoms with E-state index in [-0.39, 0.29) is 12.5 Å². The summed E-state index contributed by atoms with van der Waals surface area (Å²) in [4.78, 5) is 16.6. The first kappa shape index (κ1) is 16.9. The van der Waals surface area contributed by atoms with E-state index in [1.807, 2.05) is 0 Å². The van der Waals surface area contributed by atoms with E-state index in [2.05, 4.69) is 10.3 Å². The Morgan fingerprint density at radius 2 is 1.96 bits per heavy atom. The number of nitrogens with zero attached hydrogens (tertiary/aromatic N) is 2. The van der Waals surface area contributed by atoms with Crippen molar-refractivity contribution in [3.8, 4) is 0 Å². The van der Waals surface area contributed by atoms with Gasteiger partial charge < -0.3 is 5.32 Å². The largest absolute Gasteiger partial charge is 0.322 e. The lowest BCUT2D eigenvalue weighted by Crippen LogP contribution is -2.36. The number of halogens is 1. The van der Waals surface area contributed by atoms with Gasteiger partial charge in [0, 0.05) is 36.2 Å². The number of amides is 1. The maximum absolute atomic E-state index is 12.5. The normalized spacial score (nSPS) is 14.9. The maximum atomic E-state index is 12.5. The molecule has 0 unspecified atom stereocenters. The first-order chi connectivity index (χ1) is 11.3. The van der Waals surface area contributed by atoms with Gasteiger partial charge in [0.15, 0.2) is 0 Å². The van der Waals surface area contributed by atoms with Crippen molar-refractivity contribution in [3.63, 3.8) is 0 Å². The summed E-state index contributed by atoms with van der Waals surface area (Å²) >= 11 is 5.83. The minimum absolute atomic E-state index is 0.239. The van der Waals surface area contributed by atoms with Gasteiger partial charge >= 0.3 is 0 Å². The average Bonchev–Trinajstić information content (AvgIpc) is 2.55. The zero-order valence-electron chi connectivity index (χ0n) is 13.0. The van der Waals surface area contributed by atoms with E-state index >= 15 is 0 Å². The topological polar surface area (TPSA) is 79.4 Å². The van der Waals surface area contributed by atoms with Gasteiger partial charge in [-0.05, 0) is 41.8 Å². The van der Waals surface area contributed by atoms with Crippen LogP contribution in [0.3, 0.4) is 0 Å². The fourth-order valence-electron chi connectivity index (χ4n) is 2.68. The van der Waals surface area contributed by atoms with Crippen molar-refractivity contribution >= 4 is 33.2 Å². The van der Waals surface area contributed by atoms with Crippen molar-refractivity contribution in [2.45, 2.75) is 13.0 Å². The number of hydrogen-bond acceptors (Lipinski definition) is 4. The van der Waals surface area contributed by atoms with Gasteiger partial charge in [0.25, 0.3) is 5.91 Å². The fraction of sp³-hybridized carbons (Fsp3) is 0.250. The van der Waals surface area contributed by atoms with Crippen molar-refractivity contribution < 1.29 is 13.2 Å². The molecule has 0 atom stereocenters. The highest BCUT2D eigenvalue weighted by Crippen LogP contribution is 2.24. The van der Waals surface area contributed by atoms with Gasteiger partial charge in [0.2, 0.25) is 10.0 Å². The molecule has 2 heterocycles. The van der Waals surface area contributed by atoms with Crippen molar-refractivity contribution in [1.29, 1.82) is 0 Å². The third-order valence-electron chi connectivity index (χ3n) is 3.92. The Labute approximate surface area is 145 Å². The molecule has 1 aliphatic rings. The summed E-state index contributed by atoms with van der Waals surface area (Å²) in [7, 11) is -3.26. The standard InChI is InChI=1S/C16H16ClN3O3S/c1-24(22,23)20-7-6-14-11(10-20)8-18-9-15(14)16(21)19-13-4-2-12(17)3-5-13/h2-5,8-9H,6-7,10H2,1H3,(H,19,21). The monoisotopic (exact) mass is 365 g/mol. The van der Waals surface area contributed by atoms with E-state index in [1.54, 1.807) is 30.5 Å². The number of sulfonamides is 1. The molecule has 0 saturated heterocycles.